The summed E-state index contributed by atoms with van der Waals surface area (Å²) in [6, 6.07) is 3.93. The molecule has 130 valence electrons. The Hall–Kier alpha value is -1.75. The number of rotatable bonds is 5. The number of anilines is 1. The molecule has 1 amide bonds. The maximum absolute atomic E-state index is 12.2. The molecule has 1 fully saturated rings. The molecule has 1 aliphatic rings. The predicted molar refractivity (Wildman–Crippen MR) is 98.7 cm³/mol. The number of unbranched alkanes of at least 4 members (excludes halogenated alkanes) is 1. The van der Waals surface area contributed by atoms with E-state index < -0.39 is 0 Å². The SMILES string of the molecule is CCCCNC(=O)C1CCN(c2nc3cc(Cl)c(C)cc3[nH]2)CC1. The fraction of sp³-hybridized carbons (Fsp3) is 0.556. The van der Waals surface area contributed by atoms with Gasteiger partial charge < -0.3 is 15.2 Å². The lowest BCUT2D eigenvalue weighted by Gasteiger charge is -2.31. The van der Waals surface area contributed by atoms with Crippen molar-refractivity contribution in [1.82, 2.24) is 15.3 Å². The molecule has 0 radical (unpaired) electrons. The second-order valence-electron chi connectivity index (χ2n) is 6.58. The molecule has 0 bridgehead atoms. The lowest BCUT2D eigenvalue weighted by atomic mass is 9.96. The number of aromatic nitrogens is 2. The number of hydrogen-bond acceptors (Lipinski definition) is 3. The Bertz CT molecular complexity index is 680. The highest BCUT2D eigenvalue weighted by Gasteiger charge is 2.26. The number of nitrogens with zero attached hydrogens (tertiary/aromatic N) is 2. The first-order chi connectivity index (χ1) is 11.6. The van der Waals surface area contributed by atoms with Crippen LogP contribution in [0.1, 0.15) is 38.2 Å². The number of piperidine rings is 1. The van der Waals surface area contributed by atoms with Crippen LogP contribution in [-0.2, 0) is 4.79 Å². The average molecular weight is 349 g/mol. The molecule has 1 aliphatic heterocycles. The number of imidazole rings is 1. The maximum atomic E-state index is 12.2. The van der Waals surface area contributed by atoms with E-state index in [1.807, 2.05) is 19.1 Å². The predicted octanol–water partition coefficient (Wildman–Crippen LogP) is 3.66. The van der Waals surface area contributed by atoms with E-state index in [0.717, 1.165) is 72.9 Å². The topological polar surface area (TPSA) is 61.0 Å². The number of carbonyl (C=O) groups is 1. The van der Waals surface area contributed by atoms with Gasteiger partial charge in [-0.3, -0.25) is 4.79 Å². The van der Waals surface area contributed by atoms with Crippen LogP contribution in [0.2, 0.25) is 5.02 Å². The zero-order chi connectivity index (χ0) is 17.1. The molecule has 2 N–H and O–H groups in total. The summed E-state index contributed by atoms with van der Waals surface area (Å²) in [5, 5.41) is 3.79. The Morgan fingerprint density at radius 3 is 2.88 bits per heavy atom. The second-order valence-corrected chi connectivity index (χ2v) is 6.99. The molecule has 0 atom stereocenters. The van der Waals surface area contributed by atoms with Crippen molar-refractivity contribution in [3.05, 3.63) is 22.7 Å². The highest BCUT2D eigenvalue weighted by atomic mass is 35.5. The Morgan fingerprint density at radius 2 is 2.17 bits per heavy atom. The largest absolute Gasteiger partial charge is 0.356 e. The van der Waals surface area contributed by atoms with Crippen LogP contribution >= 0.6 is 11.6 Å². The van der Waals surface area contributed by atoms with E-state index in [9.17, 15) is 4.79 Å². The number of halogens is 1. The minimum Gasteiger partial charge on any atom is -0.356 e. The number of fused-ring (bicyclic) bond motifs is 1. The molecule has 0 saturated carbocycles. The normalized spacial score (nSPS) is 15.9. The smallest absolute Gasteiger partial charge is 0.223 e. The van der Waals surface area contributed by atoms with E-state index in [2.05, 4.69) is 27.1 Å². The van der Waals surface area contributed by atoms with Crippen molar-refractivity contribution in [3.63, 3.8) is 0 Å². The first kappa shape index (κ1) is 17.1. The molecular formula is C18H25ClN4O. The summed E-state index contributed by atoms with van der Waals surface area (Å²) in [5.74, 6) is 1.20. The number of H-pyrrole nitrogens is 1. The molecule has 1 aromatic carbocycles. The van der Waals surface area contributed by atoms with Gasteiger partial charge in [0.15, 0.2) is 0 Å². The van der Waals surface area contributed by atoms with Crippen molar-refractivity contribution in [2.75, 3.05) is 24.5 Å². The lowest BCUT2D eigenvalue weighted by Crippen LogP contribution is -2.41. The summed E-state index contributed by atoms with van der Waals surface area (Å²) >= 11 is 6.18. The van der Waals surface area contributed by atoms with Gasteiger partial charge in [-0.15, -0.1) is 0 Å². The Labute approximate surface area is 147 Å². The van der Waals surface area contributed by atoms with Crippen molar-refractivity contribution in [1.29, 1.82) is 0 Å². The summed E-state index contributed by atoms with van der Waals surface area (Å²) in [4.78, 5) is 22.4. The van der Waals surface area contributed by atoms with E-state index in [4.69, 9.17) is 11.6 Å². The summed E-state index contributed by atoms with van der Waals surface area (Å²) in [6.07, 6.45) is 3.89. The zero-order valence-electron chi connectivity index (χ0n) is 14.4. The van der Waals surface area contributed by atoms with Gasteiger partial charge in [0, 0.05) is 30.6 Å². The van der Waals surface area contributed by atoms with Gasteiger partial charge >= 0.3 is 0 Å². The molecule has 1 aromatic heterocycles. The lowest BCUT2D eigenvalue weighted by molar-refractivity contribution is -0.125. The number of aromatic amines is 1. The summed E-state index contributed by atoms with van der Waals surface area (Å²) < 4.78 is 0. The third-order valence-electron chi connectivity index (χ3n) is 4.74. The fourth-order valence-electron chi connectivity index (χ4n) is 3.16. The number of amides is 1. The Balaban J connectivity index is 1.61. The van der Waals surface area contributed by atoms with Gasteiger partial charge in [-0.2, -0.15) is 0 Å². The van der Waals surface area contributed by atoms with Crippen LogP contribution in [0, 0.1) is 12.8 Å². The monoisotopic (exact) mass is 348 g/mol. The molecule has 6 heteroatoms. The first-order valence-corrected chi connectivity index (χ1v) is 9.14. The second kappa shape index (κ2) is 7.43. The number of aryl methyl sites for hydroxylation is 1. The Kier molecular flexibility index (Phi) is 5.29. The molecular weight excluding hydrogens is 324 g/mol. The van der Waals surface area contributed by atoms with Gasteiger partial charge in [0.25, 0.3) is 0 Å². The number of carbonyl (C=O) groups excluding carboxylic acids is 1. The van der Waals surface area contributed by atoms with Crippen LogP contribution in [-0.4, -0.2) is 35.5 Å². The third-order valence-corrected chi connectivity index (χ3v) is 5.15. The minimum atomic E-state index is 0.124. The average Bonchev–Trinajstić information content (AvgIpc) is 2.98. The van der Waals surface area contributed by atoms with E-state index >= 15 is 0 Å². The van der Waals surface area contributed by atoms with Crippen molar-refractivity contribution in [3.8, 4) is 0 Å². The fourth-order valence-corrected chi connectivity index (χ4v) is 3.32. The van der Waals surface area contributed by atoms with Crippen LogP contribution in [0.15, 0.2) is 12.1 Å². The van der Waals surface area contributed by atoms with E-state index in [0.29, 0.717) is 0 Å². The van der Waals surface area contributed by atoms with Crippen molar-refractivity contribution in [2.45, 2.75) is 39.5 Å². The van der Waals surface area contributed by atoms with Crippen LogP contribution < -0.4 is 10.2 Å². The highest BCUT2D eigenvalue weighted by molar-refractivity contribution is 6.32. The van der Waals surface area contributed by atoms with Crippen molar-refractivity contribution in [2.24, 2.45) is 5.92 Å². The molecule has 3 rings (SSSR count). The van der Waals surface area contributed by atoms with Gasteiger partial charge in [0.05, 0.1) is 11.0 Å². The van der Waals surface area contributed by atoms with E-state index in [-0.39, 0.29) is 11.8 Å². The minimum absolute atomic E-state index is 0.124. The van der Waals surface area contributed by atoms with Gasteiger partial charge in [0.1, 0.15) is 0 Å². The van der Waals surface area contributed by atoms with Gasteiger partial charge in [-0.05, 0) is 43.9 Å². The highest BCUT2D eigenvalue weighted by Crippen LogP contribution is 2.26. The molecule has 5 nitrogen and oxygen atoms in total. The first-order valence-electron chi connectivity index (χ1n) is 8.77. The summed E-state index contributed by atoms with van der Waals surface area (Å²) in [5.41, 5.74) is 2.94. The molecule has 24 heavy (non-hydrogen) atoms. The third kappa shape index (κ3) is 3.66. The number of benzene rings is 1. The van der Waals surface area contributed by atoms with Crippen LogP contribution in [0.25, 0.3) is 11.0 Å². The number of nitrogens with one attached hydrogen (secondary N) is 2. The zero-order valence-corrected chi connectivity index (χ0v) is 15.1. The van der Waals surface area contributed by atoms with Gasteiger partial charge in [-0.1, -0.05) is 24.9 Å². The Morgan fingerprint density at radius 1 is 1.42 bits per heavy atom. The molecule has 0 aliphatic carbocycles. The van der Waals surface area contributed by atoms with E-state index in [1.54, 1.807) is 0 Å². The summed E-state index contributed by atoms with van der Waals surface area (Å²) in [6.45, 7) is 6.60. The molecule has 2 aromatic rings. The van der Waals surface area contributed by atoms with Crippen LogP contribution in [0.5, 0.6) is 0 Å². The summed E-state index contributed by atoms with van der Waals surface area (Å²) in [7, 11) is 0. The molecule has 1 saturated heterocycles. The number of hydrogen-bond donors (Lipinski definition) is 2. The molecule has 0 spiro atoms. The molecule has 0 unspecified atom stereocenters. The van der Waals surface area contributed by atoms with Gasteiger partial charge in [-0.25, -0.2) is 4.98 Å². The van der Waals surface area contributed by atoms with Crippen molar-refractivity contribution < 1.29 is 4.79 Å². The van der Waals surface area contributed by atoms with E-state index in [1.165, 1.54) is 0 Å². The molecule has 2 heterocycles. The van der Waals surface area contributed by atoms with Crippen molar-refractivity contribution >= 4 is 34.5 Å². The van der Waals surface area contributed by atoms with Crippen LogP contribution in [0.4, 0.5) is 5.95 Å². The maximum Gasteiger partial charge on any atom is 0.223 e. The van der Waals surface area contributed by atoms with Crippen LogP contribution in [0.3, 0.4) is 0 Å². The standard InChI is InChI=1S/C18H25ClN4O/c1-3-4-7-20-17(24)13-5-8-23(9-6-13)18-21-15-10-12(2)14(19)11-16(15)22-18/h10-11,13H,3-9H2,1-2H3,(H,20,24)(H,21,22). The quantitative estimate of drug-likeness (QED) is 0.811. The van der Waals surface area contributed by atoms with Gasteiger partial charge in [0.2, 0.25) is 11.9 Å².